The highest BCUT2D eigenvalue weighted by atomic mass is 16.7. The van der Waals surface area contributed by atoms with E-state index in [1.54, 1.807) is 0 Å². The summed E-state index contributed by atoms with van der Waals surface area (Å²) in [5, 5.41) is 3.31. The summed E-state index contributed by atoms with van der Waals surface area (Å²) in [6.45, 7) is 5.21. The standard InChI is InChI=1S/C21H22N4O2/c1-13(2)15-4-3-5-16(9-15)17-10-20(25-21(22)24-17)23-11-14-6-7-18-19(8-14)27-12-26-18/h3-10,13H,11-12H2,1-2H3,(H3,22,23,24,25). The van der Waals surface area contributed by atoms with Crippen LogP contribution >= 0.6 is 0 Å². The van der Waals surface area contributed by atoms with E-state index in [4.69, 9.17) is 15.2 Å². The molecule has 6 nitrogen and oxygen atoms in total. The van der Waals surface area contributed by atoms with Gasteiger partial charge in [-0.05, 0) is 35.2 Å². The minimum atomic E-state index is 0.246. The van der Waals surface area contributed by atoms with E-state index < -0.39 is 0 Å². The van der Waals surface area contributed by atoms with Crippen molar-refractivity contribution in [2.45, 2.75) is 26.3 Å². The Bertz CT molecular complexity index is 972. The van der Waals surface area contributed by atoms with Crippen molar-refractivity contribution in [2.75, 3.05) is 17.8 Å². The van der Waals surface area contributed by atoms with Gasteiger partial charge in [0, 0.05) is 18.2 Å². The van der Waals surface area contributed by atoms with Gasteiger partial charge in [0.15, 0.2) is 11.5 Å². The van der Waals surface area contributed by atoms with Crippen LogP contribution in [0.5, 0.6) is 11.5 Å². The predicted octanol–water partition coefficient (Wildman–Crippen LogP) is 4.19. The van der Waals surface area contributed by atoms with Crippen molar-refractivity contribution in [3.05, 3.63) is 59.7 Å². The Labute approximate surface area is 158 Å². The van der Waals surface area contributed by atoms with E-state index in [0.29, 0.717) is 18.3 Å². The van der Waals surface area contributed by atoms with Gasteiger partial charge < -0.3 is 20.5 Å². The molecule has 0 aliphatic carbocycles. The predicted molar refractivity (Wildman–Crippen MR) is 106 cm³/mol. The minimum Gasteiger partial charge on any atom is -0.454 e. The van der Waals surface area contributed by atoms with Crippen molar-refractivity contribution < 1.29 is 9.47 Å². The van der Waals surface area contributed by atoms with Crippen LogP contribution in [-0.2, 0) is 6.54 Å². The molecule has 2 aromatic carbocycles. The van der Waals surface area contributed by atoms with E-state index in [0.717, 1.165) is 28.3 Å². The molecule has 0 spiro atoms. The summed E-state index contributed by atoms with van der Waals surface area (Å²) in [6.07, 6.45) is 0. The molecule has 0 radical (unpaired) electrons. The summed E-state index contributed by atoms with van der Waals surface area (Å²) in [5.74, 6) is 2.92. The average molecular weight is 362 g/mol. The van der Waals surface area contributed by atoms with Gasteiger partial charge in [0.25, 0.3) is 0 Å². The third-order valence-corrected chi connectivity index (χ3v) is 4.50. The third kappa shape index (κ3) is 3.79. The van der Waals surface area contributed by atoms with Gasteiger partial charge in [-0.25, -0.2) is 4.98 Å². The van der Waals surface area contributed by atoms with Gasteiger partial charge in [0.1, 0.15) is 5.82 Å². The number of benzene rings is 2. The fraction of sp³-hybridized carbons (Fsp3) is 0.238. The average Bonchev–Trinajstić information content (AvgIpc) is 3.14. The van der Waals surface area contributed by atoms with Gasteiger partial charge in [0.05, 0.1) is 5.69 Å². The Hall–Kier alpha value is -3.28. The van der Waals surface area contributed by atoms with Gasteiger partial charge in [0.2, 0.25) is 12.7 Å². The molecular formula is C21H22N4O2. The lowest BCUT2D eigenvalue weighted by molar-refractivity contribution is 0.174. The SMILES string of the molecule is CC(C)c1cccc(-c2cc(NCc3ccc4c(c3)OCO4)nc(N)n2)c1. The normalized spacial score (nSPS) is 12.4. The second kappa shape index (κ2) is 7.15. The molecule has 0 unspecified atom stereocenters. The minimum absolute atomic E-state index is 0.246. The quantitative estimate of drug-likeness (QED) is 0.708. The van der Waals surface area contributed by atoms with Gasteiger partial charge in [-0.15, -0.1) is 0 Å². The van der Waals surface area contributed by atoms with E-state index in [1.807, 2.05) is 36.4 Å². The summed E-state index contributed by atoms with van der Waals surface area (Å²) >= 11 is 0. The number of anilines is 2. The molecule has 3 aromatic rings. The van der Waals surface area contributed by atoms with Crippen LogP contribution in [0, 0.1) is 0 Å². The number of nitrogen functional groups attached to an aromatic ring is 1. The molecular weight excluding hydrogens is 340 g/mol. The van der Waals surface area contributed by atoms with Crippen LogP contribution in [0.2, 0.25) is 0 Å². The molecule has 0 atom stereocenters. The lowest BCUT2D eigenvalue weighted by atomic mass is 9.99. The Balaban J connectivity index is 1.55. The monoisotopic (exact) mass is 362 g/mol. The highest BCUT2D eigenvalue weighted by molar-refractivity contribution is 5.65. The zero-order chi connectivity index (χ0) is 18.8. The third-order valence-electron chi connectivity index (χ3n) is 4.50. The number of hydrogen-bond donors (Lipinski definition) is 2. The van der Waals surface area contributed by atoms with Crippen LogP contribution in [0.3, 0.4) is 0 Å². The van der Waals surface area contributed by atoms with Crippen molar-refractivity contribution in [1.82, 2.24) is 9.97 Å². The van der Waals surface area contributed by atoms with E-state index in [9.17, 15) is 0 Å². The molecule has 3 N–H and O–H groups in total. The second-order valence-corrected chi connectivity index (χ2v) is 6.82. The van der Waals surface area contributed by atoms with Crippen molar-refractivity contribution in [3.8, 4) is 22.8 Å². The molecule has 0 fully saturated rings. The van der Waals surface area contributed by atoms with Crippen LogP contribution in [0.4, 0.5) is 11.8 Å². The van der Waals surface area contributed by atoms with Gasteiger partial charge in [-0.2, -0.15) is 4.98 Å². The van der Waals surface area contributed by atoms with E-state index >= 15 is 0 Å². The first-order valence-corrected chi connectivity index (χ1v) is 8.96. The summed E-state index contributed by atoms with van der Waals surface area (Å²) in [5.41, 5.74) is 10.1. The largest absolute Gasteiger partial charge is 0.454 e. The molecule has 1 aliphatic heterocycles. The number of aromatic nitrogens is 2. The molecule has 0 amide bonds. The zero-order valence-corrected chi connectivity index (χ0v) is 15.4. The van der Waals surface area contributed by atoms with E-state index in [1.165, 1.54) is 5.56 Å². The molecule has 2 heterocycles. The number of rotatable bonds is 5. The number of ether oxygens (including phenoxy) is 2. The van der Waals surface area contributed by atoms with Crippen molar-refractivity contribution in [1.29, 1.82) is 0 Å². The lowest BCUT2D eigenvalue weighted by Gasteiger charge is -2.11. The van der Waals surface area contributed by atoms with E-state index in [2.05, 4.69) is 41.3 Å². The first kappa shape index (κ1) is 17.1. The summed E-state index contributed by atoms with van der Waals surface area (Å²) in [6, 6.07) is 16.1. The summed E-state index contributed by atoms with van der Waals surface area (Å²) in [7, 11) is 0. The number of nitrogens with zero attached hydrogens (tertiary/aromatic N) is 2. The van der Waals surface area contributed by atoms with E-state index in [-0.39, 0.29) is 12.7 Å². The number of fused-ring (bicyclic) bond motifs is 1. The van der Waals surface area contributed by atoms with Crippen molar-refractivity contribution in [2.24, 2.45) is 0 Å². The highest BCUT2D eigenvalue weighted by Crippen LogP contribution is 2.32. The highest BCUT2D eigenvalue weighted by Gasteiger charge is 2.13. The fourth-order valence-electron chi connectivity index (χ4n) is 3.00. The molecule has 0 saturated carbocycles. The maximum absolute atomic E-state index is 5.94. The number of nitrogens with one attached hydrogen (secondary N) is 1. The van der Waals surface area contributed by atoms with Gasteiger partial charge >= 0.3 is 0 Å². The Kier molecular flexibility index (Phi) is 4.54. The van der Waals surface area contributed by atoms with Crippen molar-refractivity contribution in [3.63, 3.8) is 0 Å². The summed E-state index contributed by atoms with van der Waals surface area (Å²) < 4.78 is 10.8. The summed E-state index contributed by atoms with van der Waals surface area (Å²) in [4.78, 5) is 8.70. The molecule has 0 saturated heterocycles. The van der Waals surface area contributed by atoms with Crippen molar-refractivity contribution >= 4 is 11.8 Å². The van der Waals surface area contributed by atoms with Gasteiger partial charge in [-0.3, -0.25) is 0 Å². The smallest absolute Gasteiger partial charge is 0.231 e. The molecule has 27 heavy (non-hydrogen) atoms. The topological polar surface area (TPSA) is 82.3 Å². The number of hydrogen-bond acceptors (Lipinski definition) is 6. The van der Waals surface area contributed by atoms with Crippen LogP contribution in [-0.4, -0.2) is 16.8 Å². The Morgan fingerprint density at radius 1 is 1.04 bits per heavy atom. The first-order chi connectivity index (χ1) is 13.1. The molecule has 4 rings (SSSR count). The fourth-order valence-corrected chi connectivity index (χ4v) is 3.00. The lowest BCUT2D eigenvalue weighted by Crippen LogP contribution is -2.05. The molecule has 0 bridgehead atoms. The molecule has 6 heteroatoms. The first-order valence-electron chi connectivity index (χ1n) is 8.96. The molecule has 138 valence electrons. The Morgan fingerprint density at radius 3 is 2.74 bits per heavy atom. The zero-order valence-electron chi connectivity index (χ0n) is 15.4. The van der Waals surface area contributed by atoms with Crippen LogP contribution in [0.1, 0.15) is 30.9 Å². The molecule has 1 aliphatic rings. The van der Waals surface area contributed by atoms with Crippen LogP contribution in [0.15, 0.2) is 48.5 Å². The Morgan fingerprint density at radius 2 is 1.89 bits per heavy atom. The van der Waals surface area contributed by atoms with Crippen LogP contribution in [0.25, 0.3) is 11.3 Å². The maximum Gasteiger partial charge on any atom is 0.231 e. The maximum atomic E-state index is 5.94. The van der Waals surface area contributed by atoms with Gasteiger partial charge in [-0.1, -0.05) is 38.1 Å². The number of nitrogens with two attached hydrogens (primary N) is 1. The van der Waals surface area contributed by atoms with Crippen LogP contribution < -0.4 is 20.5 Å². The second-order valence-electron chi connectivity index (χ2n) is 6.82. The molecule has 1 aromatic heterocycles.